The molecule has 4 aromatic carbocycles. The fraction of sp³-hybridized carbons (Fsp3) is 0.192. The van der Waals surface area contributed by atoms with Gasteiger partial charge in [0.2, 0.25) is 5.91 Å². The molecule has 6 heteroatoms. The number of hydrazine groups is 1. The van der Waals surface area contributed by atoms with E-state index in [1.54, 1.807) is 24.3 Å². The number of fused-ring (bicyclic) bond motifs is 2. The van der Waals surface area contributed by atoms with Crippen LogP contribution in [0.1, 0.15) is 18.4 Å². The third kappa shape index (κ3) is 3.54. The van der Waals surface area contributed by atoms with Gasteiger partial charge in [-0.25, -0.2) is 0 Å². The van der Waals surface area contributed by atoms with Crippen molar-refractivity contribution in [2.24, 2.45) is 0 Å². The van der Waals surface area contributed by atoms with Crippen molar-refractivity contribution in [3.05, 3.63) is 94.5 Å². The van der Waals surface area contributed by atoms with Gasteiger partial charge in [0.1, 0.15) is 0 Å². The number of nitro groups is 1. The normalized spacial score (nSPS) is 14.1. The average molecular weight is 425 g/mol. The van der Waals surface area contributed by atoms with Crippen molar-refractivity contribution in [1.29, 1.82) is 0 Å². The number of benzene rings is 4. The molecule has 0 spiro atoms. The third-order valence-electron chi connectivity index (χ3n) is 6.14. The van der Waals surface area contributed by atoms with Crippen LogP contribution in [0.3, 0.4) is 0 Å². The molecule has 1 aliphatic rings. The van der Waals surface area contributed by atoms with Gasteiger partial charge in [-0.05, 0) is 41.3 Å². The van der Waals surface area contributed by atoms with Crippen LogP contribution in [0.5, 0.6) is 0 Å². The summed E-state index contributed by atoms with van der Waals surface area (Å²) in [7, 11) is 0. The summed E-state index contributed by atoms with van der Waals surface area (Å²) in [5.74, 6) is 0.0310. The number of carbonyl (C=O) groups is 1. The first kappa shape index (κ1) is 20.0. The Balaban J connectivity index is 1.52. The van der Waals surface area contributed by atoms with Crippen molar-refractivity contribution in [1.82, 2.24) is 5.01 Å². The number of amides is 1. The number of nitrogens with zero attached hydrogens (tertiary/aromatic N) is 3. The van der Waals surface area contributed by atoms with Crippen LogP contribution in [-0.2, 0) is 11.2 Å². The van der Waals surface area contributed by atoms with Crippen LogP contribution in [0.15, 0.2) is 78.9 Å². The van der Waals surface area contributed by atoms with Gasteiger partial charge in [0.25, 0.3) is 5.69 Å². The van der Waals surface area contributed by atoms with Gasteiger partial charge < -0.3 is 0 Å². The van der Waals surface area contributed by atoms with E-state index in [4.69, 9.17) is 0 Å². The van der Waals surface area contributed by atoms with E-state index < -0.39 is 0 Å². The van der Waals surface area contributed by atoms with Gasteiger partial charge in [-0.3, -0.25) is 24.9 Å². The molecule has 4 aromatic rings. The summed E-state index contributed by atoms with van der Waals surface area (Å²) < 4.78 is 0. The predicted octanol–water partition coefficient (Wildman–Crippen LogP) is 5.49. The monoisotopic (exact) mass is 425 g/mol. The number of non-ortho nitro benzene ring substituents is 1. The van der Waals surface area contributed by atoms with Crippen LogP contribution in [0.4, 0.5) is 11.4 Å². The SMILES string of the molecule is O=C(Cc1cccc2ccccc12)N1CCCCN1c1ccc([N+](=O)[O-])c2ccccc12. The molecular weight excluding hydrogens is 402 g/mol. The Kier molecular flexibility index (Phi) is 5.19. The summed E-state index contributed by atoms with van der Waals surface area (Å²) >= 11 is 0. The highest BCUT2D eigenvalue weighted by Gasteiger charge is 2.28. The first-order valence-electron chi connectivity index (χ1n) is 10.8. The Labute approximate surface area is 185 Å². The fourth-order valence-corrected chi connectivity index (χ4v) is 4.63. The Morgan fingerprint density at radius 1 is 0.812 bits per heavy atom. The van der Waals surface area contributed by atoms with Crippen molar-refractivity contribution < 1.29 is 9.72 Å². The maximum atomic E-state index is 13.5. The van der Waals surface area contributed by atoms with E-state index in [0.29, 0.717) is 24.9 Å². The average Bonchev–Trinajstić information content (AvgIpc) is 2.83. The van der Waals surface area contributed by atoms with Crippen LogP contribution in [-0.4, -0.2) is 28.9 Å². The lowest BCUT2D eigenvalue weighted by Crippen LogP contribution is -2.51. The zero-order valence-electron chi connectivity index (χ0n) is 17.6. The number of hydrogen-bond donors (Lipinski definition) is 0. The maximum Gasteiger partial charge on any atom is 0.277 e. The second kappa shape index (κ2) is 8.30. The number of carbonyl (C=O) groups excluding carboxylic acids is 1. The molecule has 5 rings (SSSR count). The Morgan fingerprint density at radius 3 is 2.31 bits per heavy atom. The molecule has 160 valence electrons. The van der Waals surface area contributed by atoms with Crippen molar-refractivity contribution in [3.8, 4) is 0 Å². The van der Waals surface area contributed by atoms with Crippen LogP contribution in [0.2, 0.25) is 0 Å². The first-order valence-corrected chi connectivity index (χ1v) is 10.8. The van der Waals surface area contributed by atoms with E-state index >= 15 is 0 Å². The molecule has 1 amide bonds. The first-order chi connectivity index (χ1) is 15.6. The van der Waals surface area contributed by atoms with Gasteiger partial charge in [-0.1, -0.05) is 60.7 Å². The minimum atomic E-state index is -0.355. The Morgan fingerprint density at radius 2 is 1.50 bits per heavy atom. The molecule has 32 heavy (non-hydrogen) atoms. The van der Waals surface area contributed by atoms with Gasteiger partial charge in [0.15, 0.2) is 0 Å². The van der Waals surface area contributed by atoms with Crippen molar-refractivity contribution in [2.75, 3.05) is 18.1 Å². The van der Waals surface area contributed by atoms with E-state index in [1.807, 2.05) is 46.4 Å². The Bertz CT molecular complexity index is 1330. The molecule has 6 nitrogen and oxygen atoms in total. The second-order valence-electron chi connectivity index (χ2n) is 8.07. The molecule has 0 aromatic heterocycles. The lowest BCUT2D eigenvalue weighted by atomic mass is 10.0. The summed E-state index contributed by atoms with van der Waals surface area (Å²) in [5.41, 5.74) is 1.92. The molecular formula is C26H23N3O3. The zero-order chi connectivity index (χ0) is 22.1. The number of hydrogen-bond acceptors (Lipinski definition) is 4. The number of anilines is 1. The topological polar surface area (TPSA) is 66.7 Å². The van der Waals surface area contributed by atoms with E-state index in [1.165, 1.54) is 0 Å². The molecule has 1 fully saturated rings. The van der Waals surface area contributed by atoms with Gasteiger partial charge in [0, 0.05) is 24.5 Å². The Hall–Kier alpha value is -3.93. The molecule has 0 radical (unpaired) electrons. The summed E-state index contributed by atoms with van der Waals surface area (Å²) in [6.07, 6.45) is 2.20. The minimum absolute atomic E-state index is 0.0310. The predicted molar refractivity (Wildman–Crippen MR) is 127 cm³/mol. The van der Waals surface area contributed by atoms with Crippen molar-refractivity contribution in [3.63, 3.8) is 0 Å². The second-order valence-corrected chi connectivity index (χ2v) is 8.07. The fourth-order valence-electron chi connectivity index (χ4n) is 4.63. The minimum Gasteiger partial charge on any atom is -0.282 e. The van der Waals surface area contributed by atoms with Crippen LogP contribution in [0, 0.1) is 10.1 Å². The zero-order valence-corrected chi connectivity index (χ0v) is 17.6. The third-order valence-corrected chi connectivity index (χ3v) is 6.14. The smallest absolute Gasteiger partial charge is 0.277 e. The van der Waals surface area contributed by atoms with E-state index in [9.17, 15) is 14.9 Å². The largest absolute Gasteiger partial charge is 0.282 e. The standard InChI is InChI=1S/C26H23N3O3/c30-26(18-20-10-7-9-19-8-1-2-11-21(19)20)28-17-6-5-16-27(28)24-14-15-25(29(31)32)23-13-4-3-12-22(23)24/h1-4,7-15H,5-6,16-18H2. The quantitative estimate of drug-likeness (QED) is 0.320. The summed E-state index contributed by atoms with van der Waals surface area (Å²) in [4.78, 5) is 24.6. The number of rotatable bonds is 4. The summed E-state index contributed by atoms with van der Waals surface area (Å²) in [6.45, 7) is 1.33. The highest BCUT2D eigenvalue weighted by molar-refractivity contribution is 6.00. The highest BCUT2D eigenvalue weighted by Crippen LogP contribution is 2.35. The molecule has 0 N–H and O–H groups in total. The van der Waals surface area contributed by atoms with Crippen LogP contribution >= 0.6 is 0 Å². The van der Waals surface area contributed by atoms with Gasteiger partial charge in [-0.15, -0.1) is 0 Å². The van der Waals surface area contributed by atoms with Crippen molar-refractivity contribution >= 4 is 38.8 Å². The molecule has 0 aliphatic carbocycles. The highest BCUT2D eigenvalue weighted by atomic mass is 16.6. The molecule has 0 unspecified atom stereocenters. The number of nitro benzene ring substituents is 1. The molecule has 1 heterocycles. The van der Waals surface area contributed by atoms with Gasteiger partial charge in [-0.2, -0.15) is 0 Å². The molecule has 1 aliphatic heterocycles. The van der Waals surface area contributed by atoms with E-state index in [-0.39, 0.29) is 16.5 Å². The summed E-state index contributed by atoms with van der Waals surface area (Å²) in [5, 5.41) is 18.9. The van der Waals surface area contributed by atoms with E-state index in [0.717, 1.165) is 40.3 Å². The van der Waals surface area contributed by atoms with Gasteiger partial charge >= 0.3 is 0 Å². The maximum absolute atomic E-state index is 13.5. The van der Waals surface area contributed by atoms with Crippen LogP contribution < -0.4 is 5.01 Å². The molecule has 0 bridgehead atoms. The molecule has 1 saturated heterocycles. The van der Waals surface area contributed by atoms with Crippen LogP contribution in [0.25, 0.3) is 21.5 Å². The van der Waals surface area contributed by atoms with E-state index in [2.05, 4.69) is 18.2 Å². The van der Waals surface area contributed by atoms with Crippen molar-refractivity contribution in [2.45, 2.75) is 19.3 Å². The summed E-state index contributed by atoms with van der Waals surface area (Å²) in [6, 6.07) is 24.8. The lowest BCUT2D eigenvalue weighted by Gasteiger charge is -2.40. The molecule has 0 saturated carbocycles. The lowest BCUT2D eigenvalue weighted by molar-refractivity contribution is -0.383. The molecule has 0 atom stereocenters. The van der Waals surface area contributed by atoms with Gasteiger partial charge in [0.05, 0.1) is 22.4 Å².